The molecular weight excluding hydrogens is 659 g/mol. The van der Waals surface area contributed by atoms with E-state index in [1.165, 1.54) is 51.9 Å². The van der Waals surface area contributed by atoms with E-state index in [0.29, 0.717) is 59.5 Å². The Morgan fingerprint density at radius 3 is 0.898 bits per heavy atom. The average molecular weight is 735 g/mol. The third-order valence-electron chi connectivity index (χ3n) is 10.8. The van der Waals surface area contributed by atoms with Crippen LogP contribution in [0.15, 0.2) is 71.8 Å². The van der Waals surface area contributed by atoms with Crippen molar-refractivity contribution in [2.75, 3.05) is 59.5 Å². The maximum Gasteiger partial charge on any atom is 0.639 e. The van der Waals surface area contributed by atoms with E-state index in [1.54, 1.807) is 0 Å². The molecule has 0 amide bonds. The zero-order chi connectivity index (χ0) is 37.0. The molecule has 0 saturated heterocycles. The Labute approximate surface area is 306 Å². The average Bonchev–Trinajstić information content (AvgIpc) is 3.13. The maximum absolute atomic E-state index is 6.13. The van der Waals surface area contributed by atoms with Gasteiger partial charge >= 0.3 is 7.32 Å². The van der Waals surface area contributed by atoms with Gasteiger partial charge in [0.25, 0.3) is 0 Å². The molecule has 0 atom stereocenters. The van der Waals surface area contributed by atoms with Crippen LogP contribution in [0.5, 0.6) is 0 Å². The largest absolute Gasteiger partial charge is 0.639 e. The van der Waals surface area contributed by atoms with Crippen LogP contribution in [0.4, 0.5) is 0 Å². The summed E-state index contributed by atoms with van der Waals surface area (Å²) < 4.78 is 36.5. The normalized spacial score (nSPS) is 13.5. The number of hydrogen-bond acceptors (Lipinski definition) is 6. The van der Waals surface area contributed by atoms with Gasteiger partial charge in [-0.05, 0) is 19.3 Å². The molecule has 0 fully saturated rings. The molecule has 0 aromatic carbocycles. The number of hydrogen-bond donors (Lipinski definition) is 0. The Bertz CT molecular complexity index is 864. The van der Waals surface area contributed by atoms with E-state index in [2.05, 4.69) is 99.1 Å². The van der Waals surface area contributed by atoms with Crippen LogP contribution in [-0.2, 0) is 28.2 Å². The monoisotopic (exact) mass is 734 g/mol. The number of rotatable bonds is 33. The molecule has 0 spiro atoms. The second-order valence-corrected chi connectivity index (χ2v) is 29.2. The van der Waals surface area contributed by atoms with E-state index < -0.39 is 31.5 Å². The van der Waals surface area contributed by atoms with Gasteiger partial charge in [-0.2, -0.15) is 0 Å². The molecule has 10 heteroatoms. The standard InChI is InChI=1S/C39H75BO6Si3/c1-13-22-25-37(47(10,16-4)17-5)34-41-28-31-44-40(45-32-29-42-35-38(26-23-14-2)48(11,18-6)19-7)46-33-30-43-36-39(27-24-15-3)49(12,20-8)21-9/h13-15,25-27H,1-3,16-24,28-36H2,4-12H3/b37-25-,38-26-,39-27+. The second-order valence-electron chi connectivity index (χ2n) is 13.6. The van der Waals surface area contributed by atoms with Gasteiger partial charge < -0.3 is 28.2 Å². The molecule has 49 heavy (non-hydrogen) atoms. The van der Waals surface area contributed by atoms with Gasteiger partial charge in [0.15, 0.2) is 0 Å². The fourth-order valence-electron chi connectivity index (χ4n) is 5.53. The Balaban J connectivity index is 5.27. The van der Waals surface area contributed by atoms with Crippen molar-refractivity contribution in [3.63, 3.8) is 0 Å². The molecule has 0 heterocycles. The highest BCUT2D eigenvalue weighted by molar-refractivity contribution is 6.86. The van der Waals surface area contributed by atoms with Crippen molar-refractivity contribution in [1.82, 2.24) is 0 Å². The summed E-state index contributed by atoms with van der Waals surface area (Å²) >= 11 is 0. The number of allylic oxidation sites excluding steroid dienone is 6. The molecule has 6 nitrogen and oxygen atoms in total. The van der Waals surface area contributed by atoms with Gasteiger partial charge in [-0.15, -0.1) is 19.7 Å². The van der Waals surface area contributed by atoms with Gasteiger partial charge in [-0.1, -0.05) is 149 Å². The van der Waals surface area contributed by atoms with E-state index in [9.17, 15) is 0 Å². The molecule has 0 rings (SSSR count). The van der Waals surface area contributed by atoms with Crippen molar-refractivity contribution < 1.29 is 28.2 Å². The summed E-state index contributed by atoms with van der Waals surface area (Å²) in [5.74, 6) is 0. The van der Waals surface area contributed by atoms with E-state index in [1.807, 2.05) is 18.2 Å². The van der Waals surface area contributed by atoms with Crippen molar-refractivity contribution in [3.8, 4) is 0 Å². The molecule has 0 aliphatic heterocycles. The van der Waals surface area contributed by atoms with E-state index in [0.717, 1.165) is 19.3 Å². The SMILES string of the molecule is C=CC/C=C(/COCCOB(OCCOC/C(=C/CC=C)[Si](C)(CC)CC)OCCOC/C(=C\CC=C)[Si](C)(CC)CC)[Si](C)(CC)CC. The van der Waals surface area contributed by atoms with Gasteiger partial charge in [0.1, 0.15) is 0 Å². The first-order valence-electron chi connectivity index (χ1n) is 19.0. The third kappa shape index (κ3) is 18.8. The molecule has 0 aromatic heterocycles. The van der Waals surface area contributed by atoms with E-state index in [4.69, 9.17) is 28.2 Å². The van der Waals surface area contributed by atoms with Crippen LogP contribution in [0.25, 0.3) is 0 Å². The molecule has 0 radical (unpaired) electrons. The molecular formula is C39H75BO6Si3. The van der Waals surface area contributed by atoms with Crippen molar-refractivity contribution in [2.24, 2.45) is 0 Å². The molecule has 0 bridgehead atoms. The van der Waals surface area contributed by atoms with Crippen molar-refractivity contribution in [1.29, 1.82) is 0 Å². The summed E-state index contributed by atoms with van der Waals surface area (Å²) in [4.78, 5) is 0. The van der Waals surface area contributed by atoms with Crippen LogP contribution in [0, 0.1) is 0 Å². The zero-order valence-corrected chi connectivity index (χ0v) is 36.3. The lowest BCUT2D eigenvalue weighted by Gasteiger charge is -2.28. The van der Waals surface area contributed by atoms with Crippen LogP contribution < -0.4 is 0 Å². The summed E-state index contributed by atoms with van der Waals surface area (Å²) in [6.45, 7) is 37.2. The Kier molecular flexibility index (Phi) is 27.9. The lowest BCUT2D eigenvalue weighted by Crippen LogP contribution is -2.35. The molecule has 0 unspecified atom stereocenters. The van der Waals surface area contributed by atoms with Crippen LogP contribution in [-0.4, -0.2) is 91.0 Å². The molecule has 0 N–H and O–H groups in total. The topological polar surface area (TPSA) is 55.4 Å². The summed E-state index contributed by atoms with van der Waals surface area (Å²) in [6.07, 6.45) is 15.4. The summed E-state index contributed by atoms with van der Waals surface area (Å²) in [5, 5.41) is 4.36. The zero-order valence-electron chi connectivity index (χ0n) is 33.3. The summed E-state index contributed by atoms with van der Waals surface area (Å²) in [7, 11) is -5.33. The van der Waals surface area contributed by atoms with Gasteiger partial charge in [0.05, 0.1) is 83.7 Å². The van der Waals surface area contributed by atoms with Crippen molar-refractivity contribution in [2.45, 2.75) is 117 Å². The molecule has 282 valence electrons. The van der Waals surface area contributed by atoms with E-state index >= 15 is 0 Å². The first-order valence-corrected chi connectivity index (χ1v) is 27.8. The fraction of sp³-hybridized carbons (Fsp3) is 0.692. The highest BCUT2D eigenvalue weighted by Crippen LogP contribution is 2.27. The van der Waals surface area contributed by atoms with E-state index in [-0.39, 0.29) is 0 Å². The van der Waals surface area contributed by atoms with Crippen LogP contribution >= 0.6 is 0 Å². The highest BCUT2D eigenvalue weighted by atomic mass is 28.3. The lowest BCUT2D eigenvalue weighted by molar-refractivity contribution is 0.0275. The van der Waals surface area contributed by atoms with Gasteiger partial charge in [0.2, 0.25) is 0 Å². The van der Waals surface area contributed by atoms with Gasteiger partial charge in [0, 0.05) is 0 Å². The molecule has 0 aliphatic rings. The van der Waals surface area contributed by atoms with Crippen molar-refractivity contribution >= 4 is 31.5 Å². The predicted octanol–water partition coefficient (Wildman–Crippen LogP) is 10.6. The van der Waals surface area contributed by atoms with Crippen LogP contribution in [0.2, 0.25) is 55.9 Å². The third-order valence-corrected chi connectivity index (χ3v) is 25.9. The summed E-state index contributed by atoms with van der Waals surface area (Å²) in [5.41, 5.74) is 0. The smallest absolute Gasteiger partial charge is 0.383 e. The second kappa shape index (κ2) is 28.5. The minimum atomic E-state index is -1.51. The minimum absolute atomic E-state index is 0.369. The van der Waals surface area contributed by atoms with Gasteiger partial charge in [-0.3, -0.25) is 0 Å². The van der Waals surface area contributed by atoms with Crippen LogP contribution in [0.1, 0.15) is 60.8 Å². The first-order chi connectivity index (χ1) is 23.5. The Morgan fingerprint density at radius 1 is 0.449 bits per heavy atom. The predicted molar refractivity (Wildman–Crippen MR) is 222 cm³/mol. The fourth-order valence-corrected chi connectivity index (χ4v) is 12.9. The molecule has 0 saturated carbocycles. The lowest BCUT2D eigenvalue weighted by atomic mass is 10.2. The number of ether oxygens (including phenoxy) is 3. The highest BCUT2D eigenvalue weighted by Gasteiger charge is 2.30. The quantitative estimate of drug-likeness (QED) is 0.0380. The minimum Gasteiger partial charge on any atom is -0.383 e. The first kappa shape index (κ1) is 47.9. The Hall–Kier alpha value is -1.08. The molecule has 0 aromatic rings. The van der Waals surface area contributed by atoms with Gasteiger partial charge in [-0.25, -0.2) is 0 Å². The Morgan fingerprint density at radius 2 is 0.694 bits per heavy atom. The molecule has 0 aliphatic carbocycles. The summed E-state index contributed by atoms with van der Waals surface area (Å²) in [6, 6.07) is 7.21. The maximum atomic E-state index is 6.13. The van der Waals surface area contributed by atoms with Crippen molar-refractivity contribution in [3.05, 3.63) is 71.8 Å². The van der Waals surface area contributed by atoms with Crippen LogP contribution in [0.3, 0.4) is 0 Å².